The molecule has 1 aromatic carbocycles. The van der Waals surface area contributed by atoms with E-state index < -0.39 is 43.4 Å². The number of rotatable bonds is 5. The van der Waals surface area contributed by atoms with Crippen LogP contribution in [0, 0.1) is 5.92 Å². The van der Waals surface area contributed by atoms with Crippen LogP contribution >= 0.6 is 0 Å². The molecule has 0 unspecified atom stereocenters. The smallest absolute Gasteiger partial charge is 0.310 e. The highest BCUT2D eigenvalue weighted by Gasteiger charge is 2.32. The summed E-state index contributed by atoms with van der Waals surface area (Å²) in [4.78, 5) is 25.3. The number of sulfonamides is 1. The van der Waals surface area contributed by atoms with Crippen molar-refractivity contribution in [1.29, 1.82) is 0 Å². The zero-order chi connectivity index (χ0) is 21.2. The number of carbonyl (C=O) groups is 2. The number of likely N-dealkylation sites (tertiary alicyclic amines) is 1. The lowest BCUT2D eigenvalue weighted by atomic mass is 9.98. The van der Waals surface area contributed by atoms with Gasteiger partial charge in [-0.15, -0.1) is 4.40 Å². The molecule has 0 spiro atoms. The molecule has 2 aliphatic heterocycles. The third kappa shape index (κ3) is 4.58. The number of fused-ring (bicyclic) bond motifs is 1. The van der Waals surface area contributed by atoms with Gasteiger partial charge >= 0.3 is 5.97 Å². The summed E-state index contributed by atoms with van der Waals surface area (Å²) in [5.74, 6) is -2.34. The summed E-state index contributed by atoms with van der Waals surface area (Å²) >= 11 is 0. The molecule has 29 heavy (non-hydrogen) atoms. The fraction of sp³-hybridized carbons (Fsp3) is 0.471. The third-order valence-corrected chi connectivity index (χ3v) is 7.58. The molecule has 0 radical (unpaired) electrons. The van der Waals surface area contributed by atoms with Crippen LogP contribution in [0.2, 0.25) is 0 Å². The lowest BCUT2D eigenvalue weighted by Crippen LogP contribution is -2.45. The Hall–Kier alpha value is -2.47. The summed E-state index contributed by atoms with van der Waals surface area (Å²) in [5.41, 5.74) is 0.207. The van der Waals surface area contributed by atoms with Crippen LogP contribution in [0.5, 0.6) is 0 Å². The molecule has 1 atom stereocenters. The Bertz CT molecular complexity index is 1060. The number of esters is 1. The molecule has 12 heteroatoms. The zero-order valence-corrected chi connectivity index (χ0v) is 17.3. The molecule has 1 saturated heterocycles. The van der Waals surface area contributed by atoms with E-state index in [2.05, 4.69) is 9.71 Å². The Labute approximate surface area is 168 Å². The monoisotopic (exact) mass is 443 g/mol. The summed E-state index contributed by atoms with van der Waals surface area (Å²) < 4.78 is 57.8. The van der Waals surface area contributed by atoms with Crippen LogP contribution in [0.15, 0.2) is 32.4 Å². The molecule has 2 aliphatic rings. The maximum atomic E-state index is 12.7. The number of amides is 1. The minimum Gasteiger partial charge on any atom is -0.466 e. The number of ether oxygens (including phenoxy) is 1. The second-order valence-corrected chi connectivity index (χ2v) is 10.3. The number of benzene rings is 1. The second-order valence-electron chi connectivity index (χ2n) is 6.70. The first-order chi connectivity index (χ1) is 13.6. The van der Waals surface area contributed by atoms with Crippen molar-refractivity contribution >= 4 is 43.8 Å². The van der Waals surface area contributed by atoms with Crippen LogP contribution in [-0.4, -0.2) is 65.4 Å². The number of carbonyl (C=O) groups excluding carboxylic acids is 2. The van der Waals surface area contributed by atoms with Crippen molar-refractivity contribution in [2.24, 2.45) is 10.3 Å². The van der Waals surface area contributed by atoms with Gasteiger partial charge in [-0.05, 0) is 38.0 Å². The summed E-state index contributed by atoms with van der Waals surface area (Å²) in [6.07, 6.45) is 2.15. The highest BCUT2D eigenvalue weighted by molar-refractivity contribution is 7.92. The van der Waals surface area contributed by atoms with Crippen molar-refractivity contribution in [3.05, 3.63) is 18.2 Å². The number of nitrogens with zero attached hydrogens (tertiary/aromatic N) is 2. The predicted octanol–water partition coefficient (Wildman–Crippen LogP) is 0.405. The molecule has 158 valence electrons. The molecular formula is C17H21N3O7S2. The number of hydrogen-bond acceptors (Lipinski definition) is 8. The minimum absolute atomic E-state index is 0.102. The van der Waals surface area contributed by atoms with Gasteiger partial charge in [0.05, 0.1) is 23.1 Å². The van der Waals surface area contributed by atoms with Crippen LogP contribution in [0.4, 0.5) is 5.69 Å². The molecule has 1 fully saturated rings. The number of piperidine rings is 1. The molecule has 3 rings (SSSR count). The van der Waals surface area contributed by atoms with Gasteiger partial charge in [0.25, 0.3) is 10.0 Å². The molecule has 0 aliphatic carbocycles. The van der Waals surface area contributed by atoms with Crippen molar-refractivity contribution < 1.29 is 31.2 Å². The lowest BCUT2D eigenvalue weighted by molar-refractivity contribution is -0.151. The Morgan fingerprint density at radius 3 is 2.83 bits per heavy atom. The van der Waals surface area contributed by atoms with Gasteiger partial charge in [-0.25, -0.2) is 8.42 Å². The molecule has 10 nitrogen and oxygen atoms in total. The van der Waals surface area contributed by atoms with E-state index >= 15 is 0 Å². The van der Waals surface area contributed by atoms with Crippen LogP contribution < -0.4 is 5.32 Å². The van der Waals surface area contributed by atoms with Crippen molar-refractivity contribution in [2.75, 3.05) is 30.8 Å². The van der Waals surface area contributed by atoms with Gasteiger partial charge in [-0.2, -0.15) is 8.42 Å². The Morgan fingerprint density at radius 1 is 1.34 bits per heavy atom. The quantitative estimate of drug-likeness (QED) is 0.645. The van der Waals surface area contributed by atoms with Crippen LogP contribution in [0.1, 0.15) is 19.8 Å². The normalized spacial score (nSPS) is 20.4. The first-order valence-electron chi connectivity index (χ1n) is 9.00. The molecule has 0 saturated carbocycles. The minimum atomic E-state index is -4.09. The van der Waals surface area contributed by atoms with E-state index in [0.29, 0.717) is 19.4 Å². The van der Waals surface area contributed by atoms with Crippen molar-refractivity contribution in [3.63, 3.8) is 0 Å². The average molecular weight is 444 g/mol. The number of nitrogens with one attached hydrogen (secondary N) is 1. The fourth-order valence-corrected chi connectivity index (χ4v) is 5.55. The van der Waals surface area contributed by atoms with Gasteiger partial charge in [-0.3, -0.25) is 9.59 Å². The van der Waals surface area contributed by atoms with Gasteiger partial charge in [0, 0.05) is 13.1 Å². The fourth-order valence-electron chi connectivity index (χ4n) is 3.24. The number of anilines is 1. The highest BCUT2D eigenvalue weighted by Crippen LogP contribution is 2.29. The summed E-state index contributed by atoms with van der Waals surface area (Å²) in [5, 5.41) is 2.63. The zero-order valence-electron chi connectivity index (χ0n) is 15.7. The second kappa shape index (κ2) is 8.11. The topological polar surface area (TPSA) is 139 Å². The van der Waals surface area contributed by atoms with Crippen LogP contribution in [0.25, 0.3) is 0 Å². The van der Waals surface area contributed by atoms with Gasteiger partial charge in [-0.1, -0.05) is 0 Å². The number of sulfone groups is 1. The Morgan fingerprint density at radius 2 is 2.10 bits per heavy atom. The van der Waals surface area contributed by atoms with Gasteiger partial charge in [0.2, 0.25) is 5.91 Å². The van der Waals surface area contributed by atoms with Gasteiger partial charge < -0.3 is 15.0 Å². The molecular weight excluding hydrogens is 422 g/mol. The van der Waals surface area contributed by atoms with Crippen molar-refractivity contribution in [3.8, 4) is 0 Å². The Kier molecular flexibility index (Phi) is 5.94. The first kappa shape index (κ1) is 21.2. The largest absolute Gasteiger partial charge is 0.466 e. The summed E-state index contributed by atoms with van der Waals surface area (Å²) in [6, 6.07) is 3.54. The van der Waals surface area contributed by atoms with E-state index in [9.17, 15) is 26.4 Å². The third-order valence-electron chi connectivity index (χ3n) is 4.71. The van der Waals surface area contributed by atoms with Crippen LogP contribution in [-0.2, 0) is 34.2 Å². The molecule has 1 amide bonds. The maximum absolute atomic E-state index is 12.7. The Balaban J connectivity index is 1.76. The van der Waals surface area contributed by atoms with E-state index in [1.54, 1.807) is 6.92 Å². The molecule has 0 aromatic heterocycles. The van der Waals surface area contributed by atoms with Gasteiger partial charge in [0.1, 0.15) is 17.0 Å². The maximum Gasteiger partial charge on any atom is 0.310 e. The van der Waals surface area contributed by atoms with Gasteiger partial charge in [0.15, 0.2) is 9.84 Å². The standard InChI is InChI=1S/C17H21N3O7S2/c1-2-27-17(22)12-4-3-7-20(9-12)16(21)10-28(23,24)13-5-6-14-15(8-13)29(25,26)19-11-18-14/h5-6,8,11-12H,2-4,7,9-10H2,1H3,(H,18,19)/t12-/m0/s1. The molecule has 1 aromatic rings. The van der Waals surface area contributed by atoms with E-state index in [-0.39, 0.29) is 28.6 Å². The SMILES string of the molecule is CCOC(=O)[C@H]1CCCN(C(=O)CS(=O)(=O)c2ccc3c(c2)S(=O)(=O)N=CN3)C1. The number of hydrogen-bond donors (Lipinski definition) is 1. The van der Waals surface area contributed by atoms with E-state index in [1.165, 1.54) is 17.0 Å². The summed E-state index contributed by atoms with van der Waals surface area (Å²) in [6.45, 7) is 2.37. The van der Waals surface area contributed by atoms with E-state index in [0.717, 1.165) is 12.4 Å². The molecule has 0 bridgehead atoms. The van der Waals surface area contributed by atoms with E-state index in [4.69, 9.17) is 4.74 Å². The molecule has 1 N–H and O–H groups in total. The van der Waals surface area contributed by atoms with Crippen molar-refractivity contribution in [1.82, 2.24) is 4.90 Å². The first-order valence-corrected chi connectivity index (χ1v) is 12.1. The highest BCUT2D eigenvalue weighted by atomic mass is 32.2. The predicted molar refractivity (Wildman–Crippen MR) is 104 cm³/mol. The lowest BCUT2D eigenvalue weighted by Gasteiger charge is -2.31. The average Bonchev–Trinajstić information content (AvgIpc) is 2.67. The van der Waals surface area contributed by atoms with E-state index in [1.807, 2.05) is 0 Å². The summed E-state index contributed by atoms with van der Waals surface area (Å²) in [7, 11) is -8.09. The molecule has 2 heterocycles. The van der Waals surface area contributed by atoms with Crippen LogP contribution in [0.3, 0.4) is 0 Å². The van der Waals surface area contributed by atoms with Crippen molar-refractivity contribution in [2.45, 2.75) is 29.6 Å².